The summed E-state index contributed by atoms with van der Waals surface area (Å²) in [5.74, 6) is 0.941. The molecule has 1 atom stereocenters. The standard InChI is InChI=1S/C23H18ClN3O3/c1-29-19-9-5-8-17(14-19)21(28)25-20(15-6-3-2-4-7-15)23-27-26-22(30-23)16-10-12-18(24)13-11-16/h2-14,20H,1H3,(H,25,28)/t20-/m1/s1. The van der Waals surface area contributed by atoms with Gasteiger partial charge in [-0.15, -0.1) is 10.2 Å². The van der Waals surface area contributed by atoms with Crippen LogP contribution >= 0.6 is 11.6 Å². The molecular weight excluding hydrogens is 402 g/mol. The molecule has 0 saturated carbocycles. The number of carbonyl (C=O) groups excluding carboxylic acids is 1. The molecule has 0 unspecified atom stereocenters. The van der Waals surface area contributed by atoms with Crippen molar-refractivity contribution in [3.63, 3.8) is 0 Å². The van der Waals surface area contributed by atoms with Crippen molar-refractivity contribution in [3.05, 3.63) is 101 Å². The molecule has 3 aromatic carbocycles. The number of hydrogen-bond acceptors (Lipinski definition) is 5. The molecule has 1 heterocycles. The molecule has 0 radical (unpaired) electrons. The van der Waals surface area contributed by atoms with Crippen LogP contribution in [0, 0.1) is 0 Å². The van der Waals surface area contributed by atoms with Crippen LogP contribution in [0.3, 0.4) is 0 Å². The van der Waals surface area contributed by atoms with Gasteiger partial charge in [-0.05, 0) is 48.0 Å². The summed E-state index contributed by atoms with van der Waals surface area (Å²) in [5, 5.41) is 11.9. The molecular formula is C23H18ClN3O3. The second-order valence-corrected chi connectivity index (χ2v) is 6.94. The maximum absolute atomic E-state index is 12.9. The third-order valence-corrected chi connectivity index (χ3v) is 4.77. The van der Waals surface area contributed by atoms with Gasteiger partial charge in [0, 0.05) is 16.1 Å². The Morgan fingerprint density at radius 3 is 2.50 bits per heavy atom. The van der Waals surface area contributed by atoms with Crippen molar-refractivity contribution in [2.24, 2.45) is 0 Å². The van der Waals surface area contributed by atoms with Crippen LogP contribution in [0.5, 0.6) is 5.75 Å². The Bertz CT molecular complexity index is 1140. The number of rotatable bonds is 6. The topological polar surface area (TPSA) is 77.2 Å². The van der Waals surface area contributed by atoms with E-state index in [2.05, 4.69) is 15.5 Å². The van der Waals surface area contributed by atoms with E-state index in [4.69, 9.17) is 20.8 Å². The lowest BCUT2D eigenvalue weighted by atomic mass is 10.1. The fourth-order valence-electron chi connectivity index (χ4n) is 2.97. The molecule has 0 saturated heterocycles. The van der Waals surface area contributed by atoms with E-state index in [0.717, 1.165) is 11.1 Å². The van der Waals surface area contributed by atoms with E-state index in [1.807, 2.05) is 30.3 Å². The number of methoxy groups -OCH3 is 1. The first-order chi connectivity index (χ1) is 14.6. The molecule has 150 valence electrons. The summed E-state index contributed by atoms with van der Waals surface area (Å²) in [5.41, 5.74) is 2.02. The zero-order valence-corrected chi connectivity index (χ0v) is 16.8. The first-order valence-electron chi connectivity index (χ1n) is 9.23. The minimum absolute atomic E-state index is 0.280. The van der Waals surface area contributed by atoms with Crippen LogP contribution in [0.25, 0.3) is 11.5 Å². The lowest BCUT2D eigenvalue weighted by molar-refractivity contribution is 0.0937. The summed E-state index contributed by atoms with van der Waals surface area (Å²) in [6.07, 6.45) is 0. The van der Waals surface area contributed by atoms with Crippen molar-refractivity contribution in [1.29, 1.82) is 0 Å². The van der Waals surface area contributed by atoms with Crippen molar-refractivity contribution < 1.29 is 13.9 Å². The number of halogens is 1. The monoisotopic (exact) mass is 419 g/mol. The van der Waals surface area contributed by atoms with Crippen LogP contribution in [0.15, 0.2) is 83.3 Å². The molecule has 30 heavy (non-hydrogen) atoms. The van der Waals surface area contributed by atoms with E-state index in [0.29, 0.717) is 22.2 Å². The van der Waals surface area contributed by atoms with Gasteiger partial charge in [0.2, 0.25) is 11.8 Å². The first-order valence-corrected chi connectivity index (χ1v) is 9.61. The molecule has 7 heteroatoms. The Labute approximate surface area is 178 Å². The number of nitrogens with zero attached hydrogens (tertiary/aromatic N) is 2. The molecule has 0 aliphatic heterocycles. The predicted octanol–water partition coefficient (Wildman–Crippen LogP) is 4.92. The molecule has 0 fully saturated rings. The van der Waals surface area contributed by atoms with Gasteiger partial charge in [-0.3, -0.25) is 4.79 Å². The molecule has 4 rings (SSSR count). The number of benzene rings is 3. The van der Waals surface area contributed by atoms with Crippen molar-refractivity contribution >= 4 is 17.5 Å². The van der Waals surface area contributed by atoms with E-state index >= 15 is 0 Å². The molecule has 1 aromatic heterocycles. The summed E-state index contributed by atoms with van der Waals surface area (Å²) in [6.45, 7) is 0. The molecule has 0 bridgehead atoms. The maximum atomic E-state index is 12.9. The Morgan fingerprint density at radius 2 is 1.77 bits per heavy atom. The fraction of sp³-hybridized carbons (Fsp3) is 0.0870. The van der Waals surface area contributed by atoms with E-state index < -0.39 is 6.04 Å². The quantitative estimate of drug-likeness (QED) is 0.480. The van der Waals surface area contributed by atoms with E-state index in [9.17, 15) is 4.79 Å². The van der Waals surface area contributed by atoms with Crippen LogP contribution < -0.4 is 10.1 Å². The number of ether oxygens (including phenoxy) is 1. The van der Waals surface area contributed by atoms with Crippen LogP contribution in [-0.2, 0) is 0 Å². The summed E-state index contributed by atoms with van der Waals surface area (Å²) < 4.78 is 11.1. The van der Waals surface area contributed by atoms with Crippen LogP contribution in [-0.4, -0.2) is 23.2 Å². The Morgan fingerprint density at radius 1 is 1.00 bits per heavy atom. The molecule has 1 amide bonds. The normalized spacial score (nSPS) is 11.7. The van der Waals surface area contributed by atoms with Gasteiger partial charge in [0.25, 0.3) is 5.91 Å². The number of hydrogen-bond donors (Lipinski definition) is 1. The second-order valence-electron chi connectivity index (χ2n) is 6.50. The highest BCUT2D eigenvalue weighted by molar-refractivity contribution is 6.30. The minimum Gasteiger partial charge on any atom is -0.497 e. The highest BCUT2D eigenvalue weighted by Gasteiger charge is 2.24. The van der Waals surface area contributed by atoms with Gasteiger partial charge >= 0.3 is 0 Å². The van der Waals surface area contributed by atoms with Gasteiger partial charge in [-0.25, -0.2) is 0 Å². The zero-order valence-electron chi connectivity index (χ0n) is 16.1. The molecule has 4 aromatic rings. The highest BCUT2D eigenvalue weighted by atomic mass is 35.5. The summed E-state index contributed by atoms with van der Waals surface area (Å²) in [4.78, 5) is 12.9. The smallest absolute Gasteiger partial charge is 0.252 e. The third-order valence-electron chi connectivity index (χ3n) is 4.52. The number of aromatic nitrogens is 2. The minimum atomic E-state index is -0.613. The molecule has 0 aliphatic rings. The SMILES string of the molecule is COc1cccc(C(=O)N[C@H](c2ccccc2)c2nnc(-c3ccc(Cl)cc3)o2)c1. The number of nitrogens with one attached hydrogen (secondary N) is 1. The first kappa shape index (κ1) is 19.7. The number of amides is 1. The van der Waals surface area contributed by atoms with E-state index in [1.54, 1.807) is 55.6 Å². The average molecular weight is 420 g/mol. The average Bonchev–Trinajstić information content (AvgIpc) is 3.28. The van der Waals surface area contributed by atoms with E-state index in [-0.39, 0.29) is 11.8 Å². The predicted molar refractivity (Wildman–Crippen MR) is 113 cm³/mol. The Hall–Kier alpha value is -3.64. The molecule has 1 N–H and O–H groups in total. The Kier molecular flexibility index (Phi) is 5.77. The molecule has 0 aliphatic carbocycles. The molecule has 0 spiro atoms. The fourth-order valence-corrected chi connectivity index (χ4v) is 3.10. The van der Waals surface area contributed by atoms with Crippen LogP contribution in [0.4, 0.5) is 0 Å². The van der Waals surface area contributed by atoms with Gasteiger partial charge in [-0.1, -0.05) is 48.0 Å². The van der Waals surface area contributed by atoms with Crippen LogP contribution in [0.1, 0.15) is 27.9 Å². The van der Waals surface area contributed by atoms with Crippen molar-refractivity contribution in [3.8, 4) is 17.2 Å². The largest absolute Gasteiger partial charge is 0.497 e. The van der Waals surface area contributed by atoms with Crippen molar-refractivity contribution in [1.82, 2.24) is 15.5 Å². The van der Waals surface area contributed by atoms with Gasteiger partial charge in [-0.2, -0.15) is 0 Å². The maximum Gasteiger partial charge on any atom is 0.252 e. The highest BCUT2D eigenvalue weighted by Crippen LogP contribution is 2.26. The van der Waals surface area contributed by atoms with Gasteiger partial charge < -0.3 is 14.5 Å². The summed E-state index contributed by atoms with van der Waals surface area (Å²) in [6, 6.07) is 22.9. The van der Waals surface area contributed by atoms with Crippen molar-refractivity contribution in [2.45, 2.75) is 6.04 Å². The Balaban J connectivity index is 1.66. The number of carbonyl (C=O) groups is 1. The van der Waals surface area contributed by atoms with Gasteiger partial charge in [0.15, 0.2) is 0 Å². The zero-order chi connectivity index (χ0) is 20.9. The van der Waals surface area contributed by atoms with Gasteiger partial charge in [0.1, 0.15) is 11.8 Å². The third kappa shape index (κ3) is 4.34. The lowest BCUT2D eigenvalue weighted by Gasteiger charge is -2.16. The summed E-state index contributed by atoms with van der Waals surface area (Å²) >= 11 is 5.95. The second kappa shape index (κ2) is 8.80. The van der Waals surface area contributed by atoms with Crippen LogP contribution in [0.2, 0.25) is 5.02 Å². The molecule has 6 nitrogen and oxygen atoms in total. The van der Waals surface area contributed by atoms with Gasteiger partial charge in [0.05, 0.1) is 7.11 Å². The van der Waals surface area contributed by atoms with E-state index in [1.165, 1.54) is 0 Å². The lowest BCUT2D eigenvalue weighted by Crippen LogP contribution is -2.29. The summed E-state index contributed by atoms with van der Waals surface area (Å²) in [7, 11) is 1.56. The van der Waals surface area contributed by atoms with Crippen molar-refractivity contribution in [2.75, 3.05) is 7.11 Å².